The highest BCUT2D eigenvalue weighted by Crippen LogP contribution is 2.21. The van der Waals surface area contributed by atoms with Gasteiger partial charge in [0.1, 0.15) is 0 Å². The van der Waals surface area contributed by atoms with Crippen molar-refractivity contribution in [1.29, 1.82) is 0 Å². The Bertz CT molecular complexity index is 690. The van der Waals surface area contributed by atoms with Crippen LogP contribution in [-0.2, 0) is 0 Å². The molecule has 2 heterocycles. The lowest BCUT2D eigenvalue weighted by molar-refractivity contribution is 0.0765. The molecule has 1 aliphatic heterocycles. The number of rotatable bonds is 2. The highest BCUT2D eigenvalue weighted by atomic mass is 16.2. The summed E-state index contributed by atoms with van der Waals surface area (Å²) in [5, 5.41) is 13.9. The van der Waals surface area contributed by atoms with Gasteiger partial charge in [0.25, 0.3) is 5.91 Å². The maximum Gasteiger partial charge on any atom is 0.254 e. The summed E-state index contributed by atoms with van der Waals surface area (Å²) in [6, 6.07) is 5.62. The summed E-state index contributed by atoms with van der Waals surface area (Å²) in [7, 11) is 0. The van der Waals surface area contributed by atoms with Gasteiger partial charge < -0.3 is 4.90 Å². The third-order valence-corrected chi connectivity index (χ3v) is 3.68. The summed E-state index contributed by atoms with van der Waals surface area (Å²) in [5.41, 5.74) is 3.76. The monoisotopic (exact) mass is 283 g/mol. The molecule has 0 bridgehead atoms. The fourth-order valence-electron chi connectivity index (χ4n) is 2.58. The Kier molecular flexibility index (Phi) is 3.51. The van der Waals surface area contributed by atoms with Gasteiger partial charge in [-0.05, 0) is 43.2 Å². The normalized spacial score (nSPS) is 15.0. The van der Waals surface area contributed by atoms with Crippen molar-refractivity contribution in [2.24, 2.45) is 0 Å². The molecule has 21 heavy (non-hydrogen) atoms. The largest absolute Gasteiger partial charge is 0.334 e. The average molecular weight is 283 g/mol. The lowest BCUT2D eigenvalue weighted by atomic mass is 10.0. The maximum atomic E-state index is 12.6. The van der Waals surface area contributed by atoms with Gasteiger partial charge in [-0.2, -0.15) is 5.21 Å². The van der Waals surface area contributed by atoms with E-state index < -0.39 is 0 Å². The third-order valence-electron chi connectivity index (χ3n) is 3.68. The Morgan fingerprint density at radius 1 is 1.33 bits per heavy atom. The number of carbonyl (C=O) groups is 1. The molecule has 1 amide bonds. The van der Waals surface area contributed by atoms with Crippen molar-refractivity contribution in [2.45, 2.75) is 20.3 Å². The summed E-state index contributed by atoms with van der Waals surface area (Å²) in [4.78, 5) is 14.5. The topological polar surface area (TPSA) is 74.8 Å². The number of nitrogens with one attached hydrogen (secondary N) is 1. The Labute approximate surface area is 122 Å². The zero-order valence-electron chi connectivity index (χ0n) is 12.1. The summed E-state index contributed by atoms with van der Waals surface area (Å²) in [5.74, 6) is 0.619. The lowest BCUT2D eigenvalue weighted by Crippen LogP contribution is -2.35. The second-order valence-electron chi connectivity index (χ2n) is 5.33. The SMILES string of the molecule is CC1=CCCN(C(=O)c2ccc(-c3nn[nH]n3)cc2C)C1. The molecule has 6 nitrogen and oxygen atoms in total. The van der Waals surface area contributed by atoms with Gasteiger partial charge in [-0.1, -0.05) is 17.7 Å². The van der Waals surface area contributed by atoms with Crippen molar-refractivity contribution < 1.29 is 4.79 Å². The zero-order valence-corrected chi connectivity index (χ0v) is 12.1. The number of aromatic amines is 1. The predicted octanol–water partition coefficient (Wildman–Crippen LogP) is 1.97. The van der Waals surface area contributed by atoms with Crippen LogP contribution in [0.1, 0.15) is 29.3 Å². The second-order valence-corrected chi connectivity index (χ2v) is 5.33. The first-order chi connectivity index (χ1) is 10.1. The minimum Gasteiger partial charge on any atom is -0.334 e. The van der Waals surface area contributed by atoms with Crippen LogP contribution in [0.2, 0.25) is 0 Å². The third kappa shape index (κ3) is 2.69. The molecule has 0 saturated carbocycles. The van der Waals surface area contributed by atoms with E-state index >= 15 is 0 Å². The number of tetrazole rings is 1. The van der Waals surface area contributed by atoms with Crippen LogP contribution in [0.3, 0.4) is 0 Å². The lowest BCUT2D eigenvalue weighted by Gasteiger charge is -2.26. The fourth-order valence-corrected chi connectivity index (χ4v) is 2.58. The molecule has 2 aromatic rings. The van der Waals surface area contributed by atoms with Crippen LogP contribution in [0.15, 0.2) is 29.8 Å². The van der Waals surface area contributed by atoms with Crippen LogP contribution in [0.5, 0.6) is 0 Å². The Morgan fingerprint density at radius 3 is 2.86 bits per heavy atom. The molecule has 6 heteroatoms. The van der Waals surface area contributed by atoms with Crippen molar-refractivity contribution in [2.75, 3.05) is 13.1 Å². The number of aromatic nitrogens is 4. The summed E-state index contributed by atoms with van der Waals surface area (Å²) < 4.78 is 0. The molecule has 0 saturated heterocycles. The Balaban J connectivity index is 1.86. The molecular weight excluding hydrogens is 266 g/mol. The van der Waals surface area contributed by atoms with Crippen LogP contribution in [0.4, 0.5) is 0 Å². The van der Waals surface area contributed by atoms with Gasteiger partial charge in [-0.3, -0.25) is 4.79 Å². The van der Waals surface area contributed by atoms with Crippen molar-refractivity contribution in [3.63, 3.8) is 0 Å². The first-order valence-corrected chi connectivity index (χ1v) is 6.94. The van der Waals surface area contributed by atoms with Crippen LogP contribution < -0.4 is 0 Å². The number of amides is 1. The number of H-pyrrole nitrogens is 1. The van der Waals surface area contributed by atoms with Crippen LogP contribution in [0.25, 0.3) is 11.4 Å². The fraction of sp³-hybridized carbons (Fsp3) is 0.333. The number of benzene rings is 1. The van der Waals surface area contributed by atoms with E-state index in [4.69, 9.17) is 0 Å². The van der Waals surface area contributed by atoms with Crippen molar-refractivity contribution in [3.05, 3.63) is 41.0 Å². The number of carbonyl (C=O) groups excluding carboxylic acids is 1. The van der Waals surface area contributed by atoms with E-state index in [0.29, 0.717) is 12.4 Å². The van der Waals surface area contributed by atoms with E-state index in [-0.39, 0.29) is 5.91 Å². The molecule has 3 rings (SSSR count). The van der Waals surface area contributed by atoms with Crippen LogP contribution in [0, 0.1) is 6.92 Å². The minimum atomic E-state index is 0.0830. The van der Waals surface area contributed by atoms with E-state index in [0.717, 1.165) is 29.7 Å². The van der Waals surface area contributed by atoms with Gasteiger partial charge >= 0.3 is 0 Å². The molecule has 1 N–H and O–H groups in total. The maximum absolute atomic E-state index is 12.6. The molecule has 1 aromatic carbocycles. The molecule has 108 valence electrons. The van der Waals surface area contributed by atoms with Crippen LogP contribution in [-0.4, -0.2) is 44.5 Å². The molecule has 1 aromatic heterocycles. The summed E-state index contributed by atoms with van der Waals surface area (Å²) in [6.45, 7) is 5.49. The second kappa shape index (κ2) is 5.47. The van der Waals surface area contributed by atoms with Crippen LogP contribution >= 0.6 is 0 Å². The Hall–Kier alpha value is -2.50. The Morgan fingerprint density at radius 2 is 2.19 bits per heavy atom. The predicted molar refractivity (Wildman–Crippen MR) is 78.6 cm³/mol. The first-order valence-electron chi connectivity index (χ1n) is 6.94. The smallest absolute Gasteiger partial charge is 0.254 e. The zero-order chi connectivity index (χ0) is 14.8. The molecule has 0 unspecified atom stereocenters. The summed E-state index contributed by atoms with van der Waals surface area (Å²) in [6.07, 6.45) is 3.12. The van der Waals surface area contributed by atoms with Crippen molar-refractivity contribution >= 4 is 5.91 Å². The highest BCUT2D eigenvalue weighted by molar-refractivity contribution is 5.96. The van der Waals surface area contributed by atoms with Gasteiger partial charge in [0.2, 0.25) is 5.82 Å². The van der Waals surface area contributed by atoms with Crippen molar-refractivity contribution in [3.8, 4) is 11.4 Å². The highest BCUT2D eigenvalue weighted by Gasteiger charge is 2.20. The molecule has 1 aliphatic rings. The number of hydrogen-bond acceptors (Lipinski definition) is 4. The van der Waals surface area contributed by atoms with E-state index in [2.05, 4.69) is 33.6 Å². The molecule has 0 radical (unpaired) electrons. The number of hydrogen-bond donors (Lipinski definition) is 1. The van der Waals surface area contributed by atoms with E-state index in [9.17, 15) is 4.79 Å². The van der Waals surface area contributed by atoms with Gasteiger partial charge in [-0.25, -0.2) is 0 Å². The number of aryl methyl sites for hydroxylation is 1. The van der Waals surface area contributed by atoms with E-state index in [1.807, 2.05) is 30.0 Å². The van der Waals surface area contributed by atoms with Gasteiger partial charge in [0.05, 0.1) is 0 Å². The standard InChI is InChI=1S/C15H17N5O/c1-10-4-3-7-20(9-10)15(21)13-6-5-12(8-11(13)2)14-16-18-19-17-14/h4-6,8H,3,7,9H2,1-2H3,(H,16,17,18,19). The molecule has 0 spiro atoms. The molecule has 0 fully saturated rings. The number of nitrogens with zero attached hydrogens (tertiary/aromatic N) is 4. The van der Waals surface area contributed by atoms with Gasteiger partial charge in [0, 0.05) is 24.2 Å². The average Bonchev–Trinajstić information content (AvgIpc) is 3.00. The van der Waals surface area contributed by atoms with Crippen molar-refractivity contribution in [1.82, 2.24) is 25.5 Å². The van der Waals surface area contributed by atoms with Gasteiger partial charge in [-0.15, -0.1) is 10.2 Å². The quantitative estimate of drug-likeness (QED) is 0.855. The van der Waals surface area contributed by atoms with E-state index in [1.165, 1.54) is 5.57 Å². The first kappa shape index (κ1) is 13.5. The molecule has 0 aliphatic carbocycles. The minimum absolute atomic E-state index is 0.0830. The molecular formula is C15H17N5O. The summed E-state index contributed by atoms with van der Waals surface area (Å²) >= 11 is 0. The molecule has 0 atom stereocenters. The van der Waals surface area contributed by atoms with E-state index in [1.54, 1.807) is 0 Å². The van der Waals surface area contributed by atoms with Gasteiger partial charge in [0.15, 0.2) is 0 Å².